The molecule has 5 heteroatoms. The van der Waals surface area contributed by atoms with E-state index < -0.39 is 6.04 Å². The van der Waals surface area contributed by atoms with E-state index in [4.69, 9.17) is 0 Å². The summed E-state index contributed by atoms with van der Waals surface area (Å²) in [6.07, 6.45) is 0. The second-order valence-electron chi connectivity index (χ2n) is 3.73. The van der Waals surface area contributed by atoms with E-state index in [1.54, 1.807) is 6.92 Å². The Morgan fingerprint density at radius 1 is 1.13 bits per heavy atom. The standard InChI is InChI=1S/C10H21N3O2/c1-5-11-6-9(14)13-8(4)10(15)12-7(2)3/h7-8,11H,5-6H2,1-4H3,(H,12,15)(H,13,14). The minimum atomic E-state index is -0.487. The maximum atomic E-state index is 11.4. The van der Waals surface area contributed by atoms with E-state index in [-0.39, 0.29) is 24.4 Å². The van der Waals surface area contributed by atoms with Crippen molar-refractivity contribution in [3.63, 3.8) is 0 Å². The minimum absolute atomic E-state index is 0.0885. The SMILES string of the molecule is CCNCC(=O)NC(C)C(=O)NC(C)C. The number of amides is 2. The van der Waals surface area contributed by atoms with Crippen LogP contribution in [0.1, 0.15) is 27.7 Å². The summed E-state index contributed by atoms with van der Waals surface area (Å²) in [5, 5.41) is 8.23. The van der Waals surface area contributed by atoms with Crippen LogP contribution in [0.5, 0.6) is 0 Å². The number of carbonyl (C=O) groups is 2. The summed E-state index contributed by atoms with van der Waals surface area (Å²) in [6.45, 7) is 8.33. The molecule has 0 saturated heterocycles. The Labute approximate surface area is 91.0 Å². The molecule has 0 spiro atoms. The molecule has 0 radical (unpaired) electrons. The van der Waals surface area contributed by atoms with E-state index in [0.717, 1.165) is 6.54 Å². The van der Waals surface area contributed by atoms with Gasteiger partial charge in [-0.05, 0) is 27.3 Å². The molecule has 0 aliphatic rings. The molecule has 5 nitrogen and oxygen atoms in total. The van der Waals surface area contributed by atoms with Crippen molar-refractivity contribution in [3.8, 4) is 0 Å². The number of hydrogen-bond acceptors (Lipinski definition) is 3. The van der Waals surface area contributed by atoms with E-state index in [2.05, 4.69) is 16.0 Å². The highest BCUT2D eigenvalue weighted by Gasteiger charge is 2.15. The Morgan fingerprint density at radius 3 is 2.20 bits per heavy atom. The zero-order valence-corrected chi connectivity index (χ0v) is 9.89. The molecular formula is C10H21N3O2. The molecule has 1 unspecified atom stereocenters. The van der Waals surface area contributed by atoms with Gasteiger partial charge in [-0.2, -0.15) is 0 Å². The Kier molecular flexibility index (Phi) is 6.70. The smallest absolute Gasteiger partial charge is 0.242 e. The fourth-order valence-corrected chi connectivity index (χ4v) is 1.01. The van der Waals surface area contributed by atoms with Gasteiger partial charge in [0.2, 0.25) is 11.8 Å². The van der Waals surface area contributed by atoms with Gasteiger partial charge in [0.1, 0.15) is 6.04 Å². The lowest BCUT2D eigenvalue weighted by atomic mass is 10.3. The highest BCUT2D eigenvalue weighted by Crippen LogP contribution is 1.85. The van der Waals surface area contributed by atoms with Crippen LogP contribution in [0.4, 0.5) is 0 Å². The predicted molar refractivity (Wildman–Crippen MR) is 59.4 cm³/mol. The van der Waals surface area contributed by atoms with Crippen LogP contribution < -0.4 is 16.0 Å². The van der Waals surface area contributed by atoms with Crippen LogP contribution in [0.3, 0.4) is 0 Å². The van der Waals surface area contributed by atoms with Crippen molar-refractivity contribution in [2.45, 2.75) is 39.8 Å². The van der Waals surface area contributed by atoms with Gasteiger partial charge in [-0.3, -0.25) is 9.59 Å². The van der Waals surface area contributed by atoms with Crippen molar-refractivity contribution in [2.24, 2.45) is 0 Å². The zero-order valence-electron chi connectivity index (χ0n) is 9.89. The molecule has 2 amide bonds. The fraction of sp³-hybridized carbons (Fsp3) is 0.800. The third-order valence-electron chi connectivity index (χ3n) is 1.74. The fourth-order valence-electron chi connectivity index (χ4n) is 1.01. The molecular weight excluding hydrogens is 194 g/mol. The first-order valence-electron chi connectivity index (χ1n) is 5.27. The lowest BCUT2D eigenvalue weighted by molar-refractivity contribution is -0.128. The summed E-state index contributed by atoms with van der Waals surface area (Å²) in [5.41, 5.74) is 0. The first-order valence-corrected chi connectivity index (χ1v) is 5.27. The third-order valence-corrected chi connectivity index (χ3v) is 1.74. The maximum absolute atomic E-state index is 11.4. The monoisotopic (exact) mass is 215 g/mol. The molecule has 0 heterocycles. The Bertz CT molecular complexity index is 217. The van der Waals surface area contributed by atoms with Crippen LogP contribution in [-0.4, -0.2) is 37.0 Å². The number of hydrogen-bond donors (Lipinski definition) is 3. The van der Waals surface area contributed by atoms with Crippen molar-refractivity contribution in [1.29, 1.82) is 0 Å². The first-order chi connectivity index (χ1) is 6.97. The number of likely N-dealkylation sites (N-methyl/N-ethyl adjacent to an activating group) is 1. The lowest BCUT2D eigenvalue weighted by Gasteiger charge is -2.15. The molecule has 0 aromatic heterocycles. The van der Waals surface area contributed by atoms with Gasteiger partial charge in [0.05, 0.1) is 6.54 Å². The van der Waals surface area contributed by atoms with E-state index in [1.807, 2.05) is 20.8 Å². The summed E-state index contributed by atoms with van der Waals surface area (Å²) in [4.78, 5) is 22.7. The van der Waals surface area contributed by atoms with Crippen LogP contribution >= 0.6 is 0 Å². The highest BCUT2D eigenvalue weighted by molar-refractivity contribution is 5.88. The zero-order chi connectivity index (χ0) is 11.8. The third kappa shape index (κ3) is 6.90. The average molecular weight is 215 g/mol. The van der Waals surface area contributed by atoms with Gasteiger partial charge < -0.3 is 16.0 Å². The molecule has 88 valence electrons. The summed E-state index contributed by atoms with van der Waals surface area (Å²) >= 11 is 0. The number of nitrogens with one attached hydrogen (secondary N) is 3. The number of carbonyl (C=O) groups excluding carboxylic acids is 2. The van der Waals surface area contributed by atoms with Gasteiger partial charge in [0.15, 0.2) is 0 Å². The first kappa shape index (κ1) is 13.9. The van der Waals surface area contributed by atoms with E-state index >= 15 is 0 Å². The second-order valence-corrected chi connectivity index (χ2v) is 3.73. The molecule has 15 heavy (non-hydrogen) atoms. The van der Waals surface area contributed by atoms with Crippen LogP contribution in [-0.2, 0) is 9.59 Å². The quantitative estimate of drug-likeness (QED) is 0.566. The van der Waals surface area contributed by atoms with Crippen molar-refractivity contribution in [1.82, 2.24) is 16.0 Å². The number of rotatable bonds is 6. The Morgan fingerprint density at radius 2 is 1.73 bits per heavy atom. The molecule has 0 saturated carbocycles. The summed E-state index contributed by atoms with van der Waals surface area (Å²) in [6, 6.07) is -0.399. The Hall–Kier alpha value is -1.10. The topological polar surface area (TPSA) is 70.2 Å². The van der Waals surface area contributed by atoms with Crippen LogP contribution in [0.25, 0.3) is 0 Å². The van der Waals surface area contributed by atoms with Crippen molar-refractivity contribution in [2.75, 3.05) is 13.1 Å². The van der Waals surface area contributed by atoms with Crippen molar-refractivity contribution in [3.05, 3.63) is 0 Å². The molecule has 0 aliphatic carbocycles. The molecule has 0 bridgehead atoms. The van der Waals surface area contributed by atoms with E-state index in [9.17, 15) is 9.59 Å². The van der Waals surface area contributed by atoms with Gasteiger partial charge in [-0.25, -0.2) is 0 Å². The summed E-state index contributed by atoms with van der Waals surface area (Å²) in [5.74, 6) is -0.321. The van der Waals surface area contributed by atoms with E-state index in [1.165, 1.54) is 0 Å². The van der Waals surface area contributed by atoms with Crippen LogP contribution in [0.15, 0.2) is 0 Å². The molecule has 0 aromatic rings. The molecule has 3 N–H and O–H groups in total. The summed E-state index contributed by atoms with van der Waals surface area (Å²) < 4.78 is 0. The lowest BCUT2D eigenvalue weighted by Crippen LogP contribution is -2.48. The van der Waals surface area contributed by atoms with Crippen LogP contribution in [0.2, 0.25) is 0 Å². The van der Waals surface area contributed by atoms with Gasteiger partial charge >= 0.3 is 0 Å². The van der Waals surface area contributed by atoms with Gasteiger partial charge in [0.25, 0.3) is 0 Å². The molecule has 0 rings (SSSR count). The minimum Gasteiger partial charge on any atom is -0.352 e. The molecule has 0 fully saturated rings. The van der Waals surface area contributed by atoms with Gasteiger partial charge in [-0.15, -0.1) is 0 Å². The molecule has 0 aromatic carbocycles. The normalized spacial score (nSPS) is 12.3. The van der Waals surface area contributed by atoms with Crippen molar-refractivity contribution < 1.29 is 9.59 Å². The van der Waals surface area contributed by atoms with E-state index in [0.29, 0.717) is 0 Å². The highest BCUT2D eigenvalue weighted by atomic mass is 16.2. The summed E-state index contributed by atoms with van der Waals surface area (Å²) in [7, 11) is 0. The second kappa shape index (κ2) is 7.23. The molecule has 1 atom stereocenters. The molecule has 0 aliphatic heterocycles. The average Bonchev–Trinajstić information content (AvgIpc) is 2.13. The van der Waals surface area contributed by atoms with Gasteiger partial charge in [-0.1, -0.05) is 6.92 Å². The maximum Gasteiger partial charge on any atom is 0.242 e. The Balaban J connectivity index is 3.85. The van der Waals surface area contributed by atoms with Gasteiger partial charge in [0, 0.05) is 6.04 Å². The van der Waals surface area contributed by atoms with Crippen molar-refractivity contribution >= 4 is 11.8 Å². The predicted octanol–water partition coefficient (Wildman–Crippen LogP) is -0.375. The van der Waals surface area contributed by atoms with Crippen LogP contribution in [0, 0.1) is 0 Å². The largest absolute Gasteiger partial charge is 0.352 e.